The fourth-order valence-electron chi connectivity index (χ4n) is 3.12. The minimum atomic E-state index is -3.38. The van der Waals surface area contributed by atoms with E-state index >= 15 is 0 Å². The summed E-state index contributed by atoms with van der Waals surface area (Å²) in [5.74, 6) is -0.368. The lowest BCUT2D eigenvalue weighted by molar-refractivity contribution is -0.384. The Bertz CT molecular complexity index is 986. The molecule has 1 aliphatic heterocycles. The molecule has 0 fully saturated rings. The Hall–Kier alpha value is -2.94. The Morgan fingerprint density at radius 3 is 2.46 bits per heavy atom. The molecule has 0 bridgehead atoms. The van der Waals surface area contributed by atoms with Gasteiger partial charge in [-0.1, -0.05) is 0 Å². The van der Waals surface area contributed by atoms with Crippen molar-refractivity contribution in [1.29, 1.82) is 0 Å². The van der Waals surface area contributed by atoms with Crippen molar-refractivity contribution in [3.05, 3.63) is 63.7 Å². The van der Waals surface area contributed by atoms with E-state index < -0.39 is 14.9 Å². The van der Waals surface area contributed by atoms with Gasteiger partial charge in [-0.25, -0.2) is 8.42 Å². The lowest BCUT2D eigenvalue weighted by Gasteiger charge is -2.21. The molecule has 0 radical (unpaired) electrons. The van der Waals surface area contributed by atoms with E-state index in [1.54, 1.807) is 18.2 Å². The molecule has 1 heterocycles. The molecule has 1 atom stereocenters. The third-order valence-corrected chi connectivity index (χ3v) is 5.46. The molecule has 0 saturated carbocycles. The number of hydrogen-bond acceptors (Lipinski definition) is 5. The van der Waals surface area contributed by atoms with Gasteiger partial charge in [-0.05, 0) is 49.2 Å². The second-order valence-electron chi connectivity index (χ2n) is 6.21. The molecular weight excluding hydrogens is 358 g/mol. The van der Waals surface area contributed by atoms with Crippen molar-refractivity contribution >= 4 is 33.0 Å². The summed E-state index contributed by atoms with van der Waals surface area (Å²) >= 11 is 0. The molecule has 1 aliphatic rings. The van der Waals surface area contributed by atoms with Gasteiger partial charge in [0.2, 0.25) is 10.0 Å². The van der Waals surface area contributed by atoms with Gasteiger partial charge in [0.25, 0.3) is 11.6 Å². The van der Waals surface area contributed by atoms with Gasteiger partial charge in [0.15, 0.2) is 0 Å². The number of rotatable bonds is 4. The van der Waals surface area contributed by atoms with E-state index in [2.05, 4.69) is 5.32 Å². The van der Waals surface area contributed by atoms with Crippen LogP contribution < -0.4 is 9.62 Å². The van der Waals surface area contributed by atoms with Crippen molar-refractivity contribution in [3.8, 4) is 0 Å². The van der Waals surface area contributed by atoms with E-state index in [0.717, 1.165) is 11.8 Å². The van der Waals surface area contributed by atoms with E-state index in [1.807, 2.05) is 6.92 Å². The molecule has 26 heavy (non-hydrogen) atoms. The summed E-state index contributed by atoms with van der Waals surface area (Å²) in [6, 6.07) is 10.2. The maximum Gasteiger partial charge on any atom is 0.269 e. The lowest BCUT2D eigenvalue weighted by atomic mass is 10.1. The van der Waals surface area contributed by atoms with Crippen LogP contribution in [-0.2, 0) is 16.4 Å². The predicted octanol–water partition coefficient (Wildman–Crippen LogP) is 2.56. The number of non-ortho nitro benzene ring substituents is 1. The third kappa shape index (κ3) is 3.38. The first-order valence-electron chi connectivity index (χ1n) is 7.85. The first kappa shape index (κ1) is 17.9. The average molecular weight is 375 g/mol. The van der Waals surface area contributed by atoms with E-state index in [-0.39, 0.29) is 17.6 Å². The molecule has 0 aliphatic carbocycles. The molecule has 1 amide bonds. The number of carbonyl (C=O) groups is 1. The minimum Gasteiger partial charge on any atom is -0.322 e. The molecule has 1 N–H and O–H groups in total. The summed E-state index contributed by atoms with van der Waals surface area (Å²) in [5.41, 5.74) is 2.15. The van der Waals surface area contributed by atoms with Gasteiger partial charge in [0, 0.05) is 29.4 Å². The zero-order chi connectivity index (χ0) is 19.1. The highest BCUT2D eigenvalue weighted by Gasteiger charge is 2.32. The molecule has 0 saturated heterocycles. The molecule has 8 nitrogen and oxygen atoms in total. The number of sulfonamides is 1. The second-order valence-corrected chi connectivity index (χ2v) is 8.07. The highest BCUT2D eigenvalue weighted by Crippen LogP contribution is 2.34. The van der Waals surface area contributed by atoms with Crippen LogP contribution in [0.5, 0.6) is 0 Å². The van der Waals surface area contributed by atoms with Crippen molar-refractivity contribution in [1.82, 2.24) is 0 Å². The standard InChI is InChI=1S/C17H17N3O5S/c1-11-9-13-10-12(3-8-16(13)19(11)26(2,24)25)17(21)18-14-4-6-15(7-5-14)20(22)23/h3-8,10-11H,9H2,1-2H3,(H,18,21). The molecule has 0 aromatic heterocycles. The summed E-state index contributed by atoms with van der Waals surface area (Å²) in [7, 11) is -3.38. The highest BCUT2D eigenvalue weighted by molar-refractivity contribution is 7.92. The van der Waals surface area contributed by atoms with Crippen LogP contribution in [0.25, 0.3) is 0 Å². The van der Waals surface area contributed by atoms with Gasteiger partial charge in [0.05, 0.1) is 16.9 Å². The summed E-state index contributed by atoms with van der Waals surface area (Å²) < 4.78 is 25.2. The van der Waals surface area contributed by atoms with Gasteiger partial charge >= 0.3 is 0 Å². The summed E-state index contributed by atoms with van der Waals surface area (Å²) in [6.07, 6.45) is 1.69. The summed E-state index contributed by atoms with van der Waals surface area (Å²) in [5, 5.41) is 13.3. The average Bonchev–Trinajstić information content (AvgIpc) is 2.90. The third-order valence-electron chi connectivity index (χ3n) is 4.19. The number of fused-ring (bicyclic) bond motifs is 1. The number of amides is 1. The molecule has 2 aromatic rings. The smallest absolute Gasteiger partial charge is 0.269 e. The molecule has 3 rings (SSSR count). The highest BCUT2D eigenvalue weighted by atomic mass is 32.2. The van der Waals surface area contributed by atoms with Crippen molar-refractivity contribution in [2.45, 2.75) is 19.4 Å². The SMILES string of the molecule is CC1Cc2cc(C(=O)Nc3ccc([N+](=O)[O-])cc3)ccc2N1S(C)(=O)=O. The van der Waals surface area contributed by atoms with Crippen molar-refractivity contribution < 1.29 is 18.1 Å². The van der Waals surface area contributed by atoms with Gasteiger partial charge in [-0.15, -0.1) is 0 Å². The van der Waals surface area contributed by atoms with E-state index in [1.165, 1.54) is 28.6 Å². The summed E-state index contributed by atoms with van der Waals surface area (Å²) in [4.78, 5) is 22.6. The number of anilines is 2. The normalized spacial score (nSPS) is 16.2. The van der Waals surface area contributed by atoms with Crippen molar-refractivity contribution in [3.63, 3.8) is 0 Å². The van der Waals surface area contributed by atoms with E-state index in [4.69, 9.17) is 0 Å². The minimum absolute atomic E-state index is 0.0598. The van der Waals surface area contributed by atoms with E-state index in [0.29, 0.717) is 23.4 Å². The Labute approximate surface area is 150 Å². The van der Waals surface area contributed by atoms with Crippen LogP contribution in [0.15, 0.2) is 42.5 Å². The maximum absolute atomic E-state index is 12.4. The van der Waals surface area contributed by atoms with Gasteiger partial charge in [0.1, 0.15) is 0 Å². The molecular formula is C17H17N3O5S. The van der Waals surface area contributed by atoms with Gasteiger partial charge in [-0.3, -0.25) is 19.2 Å². The largest absolute Gasteiger partial charge is 0.322 e. The van der Waals surface area contributed by atoms with Crippen LogP contribution >= 0.6 is 0 Å². The second kappa shape index (κ2) is 6.41. The number of nitrogens with one attached hydrogen (secondary N) is 1. The van der Waals surface area contributed by atoms with Crippen LogP contribution in [-0.4, -0.2) is 31.5 Å². The van der Waals surface area contributed by atoms with Gasteiger partial charge < -0.3 is 5.32 Å². The first-order valence-corrected chi connectivity index (χ1v) is 9.70. The van der Waals surface area contributed by atoms with Crippen molar-refractivity contribution in [2.24, 2.45) is 0 Å². The van der Waals surface area contributed by atoms with Crippen molar-refractivity contribution in [2.75, 3.05) is 15.9 Å². The summed E-state index contributed by atoms with van der Waals surface area (Å²) in [6.45, 7) is 1.82. The number of carbonyl (C=O) groups excluding carboxylic acids is 1. The molecule has 136 valence electrons. The Morgan fingerprint density at radius 2 is 1.88 bits per heavy atom. The van der Waals surface area contributed by atoms with Crippen LogP contribution in [0, 0.1) is 10.1 Å². The number of benzene rings is 2. The predicted molar refractivity (Wildman–Crippen MR) is 98.0 cm³/mol. The van der Waals surface area contributed by atoms with Crippen LogP contribution in [0.1, 0.15) is 22.8 Å². The molecule has 9 heteroatoms. The monoisotopic (exact) mass is 375 g/mol. The number of nitro groups is 1. The van der Waals surface area contributed by atoms with Crippen LogP contribution in [0.3, 0.4) is 0 Å². The maximum atomic E-state index is 12.4. The van der Waals surface area contributed by atoms with Gasteiger partial charge in [-0.2, -0.15) is 0 Å². The zero-order valence-electron chi connectivity index (χ0n) is 14.2. The number of nitro benzene ring substituents is 1. The Balaban J connectivity index is 1.82. The molecule has 1 unspecified atom stereocenters. The Morgan fingerprint density at radius 1 is 1.23 bits per heavy atom. The number of nitrogens with zero attached hydrogens (tertiary/aromatic N) is 2. The quantitative estimate of drug-likeness (QED) is 0.652. The Kier molecular flexibility index (Phi) is 4.41. The lowest BCUT2D eigenvalue weighted by Crippen LogP contribution is -2.34. The number of hydrogen-bond donors (Lipinski definition) is 1. The fourth-order valence-corrected chi connectivity index (χ4v) is 4.38. The molecule has 0 spiro atoms. The topological polar surface area (TPSA) is 110 Å². The van der Waals surface area contributed by atoms with Crippen LogP contribution in [0.2, 0.25) is 0 Å². The molecule has 2 aromatic carbocycles. The van der Waals surface area contributed by atoms with Crippen LogP contribution in [0.4, 0.5) is 17.1 Å². The van der Waals surface area contributed by atoms with E-state index in [9.17, 15) is 23.3 Å². The zero-order valence-corrected chi connectivity index (χ0v) is 15.0. The fraction of sp³-hybridized carbons (Fsp3) is 0.235. The first-order chi connectivity index (χ1) is 12.2.